The Labute approximate surface area is 66.4 Å². The first-order chi connectivity index (χ1) is 5.29. The first kappa shape index (κ1) is 6.83. The van der Waals surface area contributed by atoms with Gasteiger partial charge in [-0.15, -0.1) is 10.2 Å². The molecule has 2 rings (SSSR count). The molecular weight excluding hydrogens is 138 g/mol. The number of fused-ring (bicyclic) bond motifs is 1. The summed E-state index contributed by atoms with van der Waals surface area (Å²) in [5.41, 5.74) is 0. The summed E-state index contributed by atoms with van der Waals surface area (Å²) in [5, 5.41) is 8.00. The SMILES string of the molecule is CC(C)C1CCn2cnnc21. The molecule has 60 valence electrons. The van der Waals surface area contributed by atoms with Gasteiger partial charge in [0.05, 0.1) is 0 Å². The summed E-state index contributed by atoms with van der Waals surface area (Å²) < 4.78 is 2.16. The second-order valence-electron chi connectivity index (χ2n) is 3.52. The molecule has 1 atom stereocenters. The fourth-order valence-electron chi connectivity index (χ4n) is 1.76. The molecular formula is C8H13N3. The molecule has 2 heterocycles. The van der Waals surface area contributed by atoms with Gasteiger partial charge in [-0.25, -0.2) is 0 Å². The van der Waals surface area contributed by atoms with Crippen LogP contribution >= 0.6 is 0 Å². The Morgan fingerprint density at radius 3 is 3.18 bits per heavy atom. The number of hydrogen-bond acceptors (Lipinski definition) is 2. The topological polar surface area (TPSA) is 30.7 Å². The van der Waals surface area contributed by atoms with E-state index in [0.717, 1.165) is 6.54 Å². The molecule has 11 heavy (non-hydrogen) atoms. The van der Waals surface area contributed by atoms with Crippen LogP contribution in [0.3, 0.4) is 0 Å². The van der Waals surface area contributed by atoms with Crippen LogP contribution in [0.25, 0.3) is 0 Å². The Hall–Kier alpha value is -0.860. The van der Waals surface area contributed by atoms with Crippen molar-refractivity contribution < 1.29 is 0 Å². The van der Waals surface area contributed by atoms with Crippen molar-refractivity contribution in [3.05, 3.63) is 12.2 Å². The Bertz CT molecular complexity index is 252. The zero-order valence-corrected chi connectivity index (χ0v) is 6.99. The van der Waals surface area contributed by atoms with E-state index in [4.69, 9.17) is 0 Å². The van der Waals surface area contributed by atoms with Crippen LogP contribution in [0.1, 0.15) is 32.0 Å². The molecule has 0 saturated carbocycles. The molecule has 1 unspecified atom stereocenters. The molecule has 0 radical (unpaired) electrons. The minimum absolute atomic E-state index is 0.637. The van der Waals surface area contributed by atoms with Crippen molar-refractivity contribution in [3.8, 4) is 0 Å². The van der Waals surface area contributed by atoms with Gasteiger partial charge in [-0.2, -0.15) is 0 Å². The maximum atomic E-state index is 4.11. The summed E-state index contributed by atoms with van der Waals surface area (Å²) in [5.74, 6) is 2.51. The normalized spacial score (nSPS) is 22.6. The van der Waals surface area contributed by atoms with E-state index in [2.05, 4.69) is 28.6 Å². The molecule has 1 aromatic heterocycles. The van der Waals surface area contributed by atoms with Crippen LogP contribution in [0.5, 0.6) is 0 Å². The molecule has 3 heteroatoms. The third-order valence-corrected chi connectivity index (χ3v) is 2.46. The van der Waals surface area contributed by atoms with Gasteiger partial charge in [0.2, 0.25) is 0 Å². The van der Waals surface area contributed by atoms with Gasteiger partial charge in [-0.1, -0.05) is 13.8 Å². The van der Waals surface area contributed by atoms with Gasteiger partial charge in [0, 0.05) is 12.5 Å². The Kier molecular flexibility index (Phi) is 1.44. The minimum Gasteiger partial charge on any atom is -0.317 e. The summed E-state index contributed by atoms with van der Waals surface area (Å²) in [6.07, 6.45) is 3.07. The molecule has 0 aromatic carbocycles. The average Bonchev–Trinajstić information content (AvgIpc) is 2.41. The lowest BCUT2D eigenvalue weighted by molar-refractivity contribution is 0.484. The molecule has 1 aromatic rings. The highest BCUT2D eigenvalue weighted by Crippen LogP contribution is 2.31. The molecule has 0 bridgehead atoms. The third kappa shape index (κ3) is 0.951. The van der Waals surface area contributed by atoms with Crippen molar-refractivity contribution in [1.29, 1.82) is 0 Å². The van der Waals surface area contributed by atoms with E-state index in [9.17, 15) is 0 Å². The van der Waals surface area contributed by atoms with Crippen molar-refractivity contribution >= 4 is 0 Å². The van der Waals surface area contributed by atoms with Crippen LogP contribution in [-0.2, 0) is 6.54 Å². The fourth-order valence-corrected chi connectivity index (χ4v) is 1.76. The summed E-state index contributed by atoms with van der Waals surface area (Å²) in [4.78, 5) is 0. The summed E-state index contributed by atoms with van der Waals surface area (Å²) in [6, 6.07) is 0. The largest absolute Gasteiger partial charge is 0.317 e. The van der Waals surface area contributed by atoms with Crippen molar-refractivity contribution in [2.75, 3.05) is 0 Å². The molecule has 0 fully saturated rings. The van der Waals surface area contributed by atoms with Crippen molar-refractivity contribution in [3.63, 3.8) is 0 Å². The van der Waals surface area contributed by atoms with Crippen LogP contribution in [0, 0.1) is 5.92 Å². The lowest BCUT2D eigenvalue weighted by Crippen LogP contribution is -2.03. The molecule has 1 aliphatic rings. The van der Waals surface area contributed by atoms with Crippen LogP contribution in [0.4, 0.5) is 0 Å². The Balaban J connectivity index is 2.31. The quantitative estimate of drug-likeness (QED) is 0.607. The highest BCUT2D eigenvalue weighted by molar-refractivity contribution is 5.02. The van der Waals surface area contributed by atoms with Gasteiger partial charge in [-0.3, -0.25) is 0 Å². The van der Waals surface area contributed by atoms with E-state index in [0.29, 0.717) is 11.8 Å². The molecule has 0 spiro atoms. The standard InChI is InChI=1S/C8H13N3/c1-6(2)7-3-4-11-5-9-10-8(7)11/h5-7H,3-4H2,1-2H3. The van der Waals surface area contributed by atoms with E-state index in [1.807, 2.05) is 6.33 Å². The van der Waals surface area contributed by atoms with Crippen LogP contribution in [0.15, 0.2) is 6.33 Å². The minimum atomic E-state index is 0.637. The maximum Gasteiger partial charge on any atom is 0.136 e. The van der Waals surface area contributed by atoms with Gasteiger partial charge in [0.15, 0.2) is 0 Å². The Morgan fingerprint density at radius 2 is 2.45 bits per heavy atom. The second-order valence-corrected chi connectivity index (χ2v) is 3.52. The summed E-state index contributed by atoms with van der Waals surface area (Å²) in [6.45, 7) is 5.59. The average molecular weight is 151 g/mol. The van der Waals surface area contributed by atoms with Crippen molar-refractivity contribution in [2.45, 2.75) is 32.7 Å². The first-order valence-electron chi connectivity index (χ1n) is 4.16. The number of aromatic nitrogens is 3. The van der Waals surface area contributed by atoms with E-state index < -0.39 is 0 Å². The predicted octanol–water partition coefficient (Wildman–Crippen LogP) is 1.42. The van der Waals surface area contributed by atoms with Crippen molar-refractivity contribution in [1.82, 2.24) is 14.8 Å². The maximum absolute atomic E-state index is 4.11. The number of nitrogens with zero attached hydrogens (tertiary/aromatic N) is 3. The van der Waals surface area contributed by atoms with Gasteiger partial charge in [-0.05, 0) is 12.3 Å². The zero-order chi connectivity index (χ0) is 7.84. The van der Waals surface area contributed by atoms with Crippen LogP contribution < -0.4 is 0 Å². The first-order valence-corrected chi connectivity index (χ1v) is 4.16. The highest BCUT2D eigenvalue weighted by Gasteiger charge is 2.26. The molecule has 0 N–H and O–H groups in total. The lowest BCUT2D eigenvalue weighted by Gasteiger charge is -2.10. The second kappa shape index (κ2) is 2.32. The van der Waals surface area contributed by atoms with Gasteiger partial charge in [0.25, 0.3) is 0 Å². The Morgan fingerprint density at radius 1 is 1.64 bits per heavy atom. The molecule has 0 saturated heterocycles. The summed E-state index contributed by atoms with van der Waals surface area (Å²) in [7, 11) is 0. The van der Waals surface area contributed by atoms with E-state index in [1.165, 1.54) is 12.2 Å². The summed E-state index contributed by atoms with van der Waals surface area (Å²) >= 11 is 0. The van der Waals surface area contributed by atoms with Crippen LogP contribution in [-0.4, -0.2) is 14.8 Å². The molecule has 0 amide bonds. The highest BCUT2D eigenvalue weighted by atomic mass is 15.3. The number of rotatable bonds is 1. The smallest absolute Gasteiger partial charge is 0.136 e. The predicted molar refractivity (Wildman–Crippen MR) is 42.2 cm³/mol. The monoisotopic (exact) mass is 151 g/mol. The van der Waals surface area contributed by atoms with E-state index in [1.54, 1.807) is 0 Å². The van der Waals surface area contributed by atoms with E-state index >= 15 is 0 Å². The number of hydrogen-bond donors (Lipinski definition) is 0. The third-order valence-electron chi connectivity index (χ3n) is 2.46. The number of aryl methyl sites for hydroxylation is 1. The zero-order valence-electron chi connectivity index (χ0n) is 6.99. The van der Waals surface area contributed by atoms with Gasteiger partial charge < -0.3 is 4.57 Å². The van der Waals surface area contributed by atoms with Gasteiger partial charge in [0.1, 0.15) is 12.2 Å². The van der Waals surface area contributed by atoms with Gasteiger partial charge >= 0.3 is 0 Å². The van der Waals surface area contributed by atoms with Crippen molar-refractivity contribution in [2.24, 2.45) is 5.92 Å². The molecule has 3 nitrogen and oxygen atoms in total. The van der Waals surface area contributed by atoms with E-state index in [-0.39, 0.29) is 0 Å². The van der Waals surface area contributed by atoms with Crippen LogP contribution in [0.2, 0.25) is 0 Å². The molecule has 0 aliphatic carbocycles. The fraction of sp³-hybridized carbons (Fsp3) is 0.750. The molecule has 1 aliphatic heterocycles. The lowest BCUT2D eigenvalue weighted by atomic mass is 9.94.